The number of aromatic nitrogens is 2. The summed E-state index contributed by atoms with van der Waals surface area (Å²) in [4.78, 5) is 0. The minimum Gasteiger partial charge on any atom is -0.423 e. The fraction of sp³-hybridized carbons (Fsp3) is 0.467. The summed E-state index contributed by atoms with van der Waals surface area (Å²) in [5.74, 6) is 0.542. The Balaban J connectivity index is 1.75. The van der Waals surface area contributed by atoms with Crippen LogP contribution in [0, 0.1) is 0 Å². The lowest BCUT2D eigenvalue weighted by molar-refractivity contribution is 0.0606. The number of nitrogens with one attached hydrogen (secondary N) is 1. The average molecular weight is 273 g/mol. The van der Waals surface area contributed by atoms with Gasteiger partial charge >= 0.3 is 0 Å². The SMILES string of the molecule is COC1CCCCC1Nc1cccc(-c2nnco2)c1. The molecule has 0 aliphatic heterocycles. The van der Waals surface area contributed by atoms with Gasteiger partial charge in [-0.25, -0.2) is 0 Å². The highest BCUT2D eigenvalue weighted by molar-refractivity contribution is 5.61. The van der Waals surface area contributed by atoms with Gasteiger partial charge in [0.25, 0.3) is 0 Å². The van der Waals surface area contributed by atoms with Gasteiger partial charge in [0.2, 0.25) is 12.3 Å². The Morgan fingerprint density at radius 1 is 1.30 bits per heavy atom. The lowest BCUT2D eigenvalue weighted by Crippen LogP contribution is -2.37. The lowest BCUT2D eigenvalue weighted by Gasteiger charge is -2.31. The molecule has 2 aromatic rings. The fourth-order valence-corrected chi connectivity index (χ4v) is 2.80. The number of hydrogen-bond acceptors (Lipinski definition) is 5. The van der Waals surface area contributed by atoms with E-state index in [4.69, 9.17) is 9.15 Å². The summed E-state index contributed by atoms with van der Waals surface area (Å²) in [5.41, 5.74) is 1.99. The van der Waals surface area contributed by atoms with Crippen LogP contribution in [0.15, 0.2) is 35.1 Å². The molecule has 1 N–H and O–H groups in total. The first-order valence-corrected chi connectivity index (χ1v) is 7.03. The van der Waals surface area contributed by atoms with Gasteiger partial charge in [0.05, 0.1) is 12.1 Å². The molecule has 1 aromatic heterocycles. The number of methoxy groups -OCH3 is 1. The zero-order chi connectivity index (χ0) is 13.8. The van der Waals surface area contributed by atoms with Crippen molar-refractivity contribution < 1.29 is 9.15 Å². The standard InChI is InChI=1S/C15H19N3O2/c1-19-14-8-3-2-7-13(14)17-12-6-4-5-11(9-12)15-18-16-10-20-15/h4-6,9-10,13-14,17H,2-3,7-8H2,1H3. The van der Waals surface area contributed by atoms with E-state index in [1.54, 1.807) is 7.11 Å². The van der Waals surface area contributed by atoms with Gasteiger partial charge < -0.3 is 14.5 Å². The molecule has 0 bridgehead atoms. The average Bonchev–Trinajstić information content (AvgIpc) is 3.02. The molecule has 0 saturated heterocycles. The molecule has 0 radical (unpaired) electrons. The number of benzene rings is 1. The van der Waals surface area contributed by atoms with Gasteiger partial charge in [-0.3, -0.25) is 0 Å². The maximum absolute atomic E-state index is 5.58. The van der Waals surface area contributed by atoms with Crippen LogP contribution in [0.3, 0.4) is 0 Å². The molecule has 1 saturated carbocycles. The first-order valence-electron chi connectivity index (χ1n) is 7.03. The van der Waals surface area contributed by atoms with Crippen LogP contribution in [0.2, 0.25) is 0 Å². The minimum absolute atomic E-state index is 0.288. The maximum Gasteiger partial charge on any atom is 0.247 e. The number of anilines is 1. The zero-order valence-corrected chi connectivity index (χ0v) is 11.6. The minimum atomic E-state index is 0.288. The molecule has 5 heteroatoms. The van der Waals surface area contributed by atoms with Gasteiger partial charge in [0.15, 0.2) is 0 Å². The Morgan fingerprint density at radius 2 is 2.20 bits per heavy atom. The van der Waals surface area contributed by atoms with Crippen molar-refractivity contribution in [2.24, 2.45) is 0 Å². The van der Waals surface area contributed by atoms with E-state index in [2.05, 4.69) is 21.6 Å². The molecule has 1 aliphatic carbocycles. The molecular weight excluding hydrogens is 254 g/mol. The van der Waals surface area contributed by atoms with Crippen molar-refractivity contribution in [2.45, 2.75) is 37.8 Å². The van der Waals surface area contributed by atoms with Gasteiger partial charge in [0, 0.05) is 18.4 Å². The maximum atomic E-state index is 5.58. The van der Waals surface area contributed by atoms with Crippen molar-refractivity contribution in [2.75, 3.05) is 12.4 Å². The fourth-order valence-electron chi connectivity index (χ4n) is 2.80. The second kappa shape index (κ2) is 6.05. The molecule has 2 unspecified atom stereocenters. The van der Waals surface area contributed by atoms with Crippen LogP contribution >= 0.6 is 0 Å². The third-order valence-electron chi connectivity index (χ3n) is 3.83. The first kappa shape index (κ1) is 13.1. The molecule has 1 heterocycles. The lowest BCUT2D eigenvalue weighted by atomic mass is 9.92. The summed E-state index contributed by atoms with van der Waals surface area (Å²) in [6, 6.07) is 8.42. The second-order valence-electron chi connectivity index (χ2n) is 5.13. The van der Waals surface area contributed by atoms with E-state index in [0.29, 0.717) is 11.9 Å². The molecule has 1 aromatic carbocycles. The number of ether oxygens (including phenoxy) is 1. The van der Waals surface area contributed by atoms with Gasteiger partial charge in [-0.1, -0.05) is 18.9 Å². The van der Waals surface area contributed by atoms with E-state index in [0.717, 1.165) is 24.1 Å². The van der Waals surface area contributed by atoms with Gasteiger partial charge in [-0.05, 0) is 31.0 Å². The summed E-state index contributed by atoms with van der Waals surface area (Å²) in [6.07, 6.45) is 6.40. The third kappa shape index (κ3) is 2.82. The van der Waals surface area contributed by atoms with Crippen LogP contribution in [0.5, 0.6) is 0 Å². The monoisotopic (exact) mass is 273 g/mol. The number of rotatable bonds is 4. The molecule has 5 nitrogen and oxygen atoms in total. The Labute approximate surface area is 118 Å². The van der Waals surface area contributed by atoms with Crippen LogP contribution in [0.1, 0.15) is 25.7 Å². The highest BCUT2D eigenvalue weighted by Crippen LogP contribution is 2.26. The van der Waals surface area contributed by atoms with Gasteiger partial charge in [-0.2, -0.15) is 0 Å². The normalized spacial score (nSPS) is 22.6. The van der Waals surface area contributed by atoms with E-state index in [1.165, 1.54) is 19.2 Å². The van der Waals surface area contributed by atoms with Crippen molar-refractivity contribution in [1.29, 1.82) is 0 Å². The van der Waals surface area contributed by atoms with E-state index < -0.39 is 0 Å². The van der Waals surface area contributed by atoms with Crippen LogP contribution in [0.25, 0.3) is 11.5 Å². The summed E-state index contributed by atoms with van der Waals surface area (Å²) in [5, 5.41) is 11.2. The van der Waals surface area contributed by atoms with Crippen LogP contribution < -0.4 is 5.32 Å². The summed E-state index contributed by atoms with van der Waals surface area (Å²) in [6.45, 7) is 0. The molecule has 3 rings (SSSR count). The predicted molar refractivity (Wildman–Crippen MR) is 76.4 cm³/mol. The molecular formula is C15H19N3O2. The van der Waals surface area contributed by atoms with Crippen molar-refractivity contribution >= 4 is 5.69 Å². The largest absolute Gasteiger partial charge is 0.423 e. The molecule has 20 heavy (non-hydrogen) atoms. The van der Waals surface area contributed by atoms with Crippen molar-refractivity contribution in [3.8, 4) is 11.5 Å². The smallest absolute Gasteiger partial charge is 0.247 e. The summed E-state index contributed by atoms with van der Waals surface area (Å²) >= 11 is 0. The zero-order valence-electron chi connectivity index (χ0n) is 11.6. The van der Waals surface area contributed by atoms with Crippen molar-refractivity contribution in [1.82, 2.24) is 10.2 Å². The Morgan fingerprint density at radius 3 is 3.00 bits per heavy atom. The highest BCUT2D eigenvalue weighted by atomic mass is 16.5. The predicted octanol–water partition coefficient (Wildman–Crippen LogP) is 3.11. The number of hydrogen-bond donors (Lipinski definition) is 1. The van der Waals surface area contributed by atoms with Crippen molar-refractivity contribution in [3.05, 3.63) is 30.7 Å². The van der Waals surface area contributed by atoms with Crippen molar-refractivity contribution in [3.63, 3.8) is 0 Å². The quantitative estimate of drug-likeness (QED) is 0.927. The number of nitrogens with zero attached hydrogens (tertiary/aromatic N) is 2. The van der Waals surface area contributed by atoms with Crippen LogP contribution in [-0.2, 0) is 4.74 Å². The Kier molecular flexibility index (Phi) is 3.97. The van der Waals surface area contributed by atoms with Gasteiger partial charge in [0.1, 0.15) is 0 Å². The molecule has 1 aliphatic rings. The molecule has 0 spiro atoms. The molecule has 2 atom stereocenters. The Hall–Kier alpha value is -1.88. The first-order chi connectivity index (χ1) is 9.86. The topological polar surface area (TPSA) is 60.2 Å². The summed E-state index contributed by atoms with van der Waals surface area (Å²) in [7, 11) is 1.79. The summed E-state index contributed by atoms with van der Waals surface area (Å²) < 4.78 is 10.8. The Bertz CT molecular complexity index is 542. The van der Waals surface area contributed by atoms with Gasteiger partial charge in [-0.15, -0.1) is 10.2 Å². The van der Waals surface area contributed by atoms with Crippen LogP contribution in [-0.4, -0.2) is 29.5 Å². The van der Waals surface area contributed by atoms with Crippen LogP contribution in [0.4, 0.5) is 5.69 Å². The highest BCUT2D eigenvalue weighted by Gasteiger charge is 2.24. The molecule has 106 valence electrons. The molecule has 1 fully saturated rings. The second-order valence-corrected chi connectivity index (χ2v) is 5.13. The molecule has 0 amide bonds. The third-order valence-corrected chi connectivity index (χ3v) is 3.83. The van der Waals surface area contributed by atoms with E-state index in [1.807, 2.05) is 18.2 Å². The van der Waals surface area contributed by atoms with E-state index in [9.17, 15) is 0 Å². The van der Waals surface area contributed by atoms with E-state index in [-0.39, 0.29) is 6.10 Å². The van der Waals surface area contributed by atoms with E-state index >= 15 is 0 Å².